The van der Waals surface area contributed by atoms with E-state index in [4.69, 9.17) is 4.74 Å². The highest BCUT2D eigenvalue weighted by Gasteiger charge is 2.47. The van der Waals surface area contributed by atoms with Crippen molar-refractivity contribution in [1.29, 1.82) is 0 Å². The molecule has 0 radical (unpaired) electrons. The molecule has 1 atom stereocenters. The van der Waals surface area contributed by atoms with Gasteiger partial charge in [0.2, 0.25) is 15.9 Å². The maximum absolute atomic E-state index is 13.9. The SMILES string of the molecule is O=S(=O)(c1ccc(F)c(F)c1)N1CCC2=Cc3c(cnn3-c3ccc(F)cc3)C[C@]2(COc2ccccn2)C1. The predicted molar refractivity (Wildman–Crippen MR) is 137 cm³/mol. The van der Waals surface area contributed by atoms with Gasteiger partial charge in [0.25, 0.3) is 0 Å². The van der Waals surface area contributed by atoms with Crippen LogP contribution in [0.3, 0.4) is 0 Å². The van der Waals surface area contributed by atoms with E-state index in [0.717, 1.165) is 29.0 Å². The molecule has 3 heterocycles. The lowest BCUT2D eigenvalue weighted by molar-refractivity contribution is 0.122. The normalized spacial score (nSPS) is 19.2. The number of sulfonamides is 1. The number of nitrogens with zero attached hydrogens (tertiary/aromatic N) is 4. The highest BCUT2D eigenvalue weighted by atomic mass is 32.2. The van der Waals surface area contributed by atoms with Gasteiger partial charge in [0.15, 0.2) is 11.6 Å². The Morgan fingerprint density at radius 1 is 1.00 bits per heavy atom. The Hall–Kier alpha value is -3.96. The van der Waals surface area contributed by atoms with Crippen LogP contribution in [0.2, 0.25) is 0 Å². The van der Waals surface area contributed by atoms with Gasteiger partial charge in [-0.05, 0) is 73.0 Å². The molecule has 0 N–H and O–H groups in total. The molecule has 0 saturated carbocycles. The van der Waals surface area contributed by atoms with Gasteiger partial charge in [-0.2, -0.15) is 9.40 Å². The lowest BCUT2D eigenvalue weighted by Gasteiger charge is -2.45. The van der Waals surface area contributed by atoms with Crippen molar-refractivity contribution in [3.63, 3.8) is 0 Å². The second kappa shape index (κ2) is 9.65. The molecule has 0 spiro atoms. The standard InChI is InChI=1S/C28H23F3N4O3S/c29-21-4-6-22(7-5-21)35-26-13-20-10-12-34(39(36,37)23-8-9-24(30)25(31)14-23)17-28(20,15-19(26)16-33-35)18-38-27-3-1-2-11-32-27/h1-9,11,13-14,16H,10,12,15,17-18H2/t28-/m1/s1. The Kier molecular flexibility index (Phi) is 6.27. The van der Waals surface area contributed by atoms with Crippen LogP contribution in [0.25, 0.3) is 11.8 Å². The van der Waals surface area contributed by atoms with Crippen molar-refractivity contribution >= 4 is 16.1 Å². The van der Waals surface area contributed by atoms with E-state index in [9.17, 15) is 21.6 Å². The number of pyridine rings is 1. The van der Waals surface area contributed by atoms with Gasteiger partial charge in [-0.25, -0.2) is 31.3 Å². The number of piperidine rings is 1. The van der Waals surface area contributed by atoms with Crippen LogP contribution in [0, 0.1) is 22.9 Å². The van der Waals surface area contributed by atoms with E-state index >= 15 is 0 Å². The lowest BCUT2D eigenvalue weighted by atomic mass is 9.69. The van der Waals surface area contributed by atoms with E-state index < -0.39 is 27.1 Å². The number of hydrogen-bond acceptors (Lipinski definition) is 5. The molecule has 200 valence electrons. The third-order valence-corrected chi connectivity index (χ3v) is 9.09. The van der Waals surface area contributed by atoms with Crippen molar-refractivity contribution in [3.8, 4) is 11.6 Å². The average Bonchev–Trinajstić information content (AvgIpc) is 3.35. The van der Waals surface area contributed by atoms with Crippen LogP contribution < -0.4 is 4.74 Å². The first kappa shape index (κ1) is 25.3. The largest absolute Gasteiger partial charge is 0.477 e. The summed E-state index contributed by atoms with van der Waals surface area (Å²) in [6, 6.07) is 13.9. The van der Waals surface area contributed by atoms with Gasteiger partial charge in [-0.3, -0.25) is 0 Å². The zero-order chi connectivity index (χ0) is 27.2. The van der Waals surface area contributed by atoms with Gasteiger partial charge < -0.3 is 4.74 Å². The first-order valence-corrected chi connectivity index (χ1v) is 13.7. The Balaban J connectivity index is 1.38. The number of halogens is 3. The van der Waals surface area contributed by atoms with Crippen molar-refractivity contribution in [2.24, 2.45) is 5.41 Å². The predicted octanol–water partition coefficient (Wildman–Crippen LogP) is 4.78. The molecule has 7 nitrogen and oxygen atoms in total. The number of aromatic nitrogens is 3. The van der Waals surface area contributed by atoms with Gasteiger partial charge >= 0.3 is 0 Å². The lowest BCUT2D eigenvalue weighted by Crippen LogP contribution is -2.52. The summed E-state index contributed by atoms with van der Waals surface area (Å²) in [6.07, 6.45) is 6.14. The number of ether oxygens (including phenoxy) is 1. The van der Waals surface area contributed by atoms with Crippen LogP contribution in [-0.2, 0) is 16.4 Å². The highest BCUT2D eigenvalue weighted by molar-refractivity contribution is 7.89. The molecule has 39 heavy (non-hydrogen) atoms. The fourth-order valence-corrected chi connectivity index (χ4v) is 6.79. The quantitative estimate of drug-likeness (QED) is 0.344. The zero-order valence-corrected chi connectivity index (χ0v) is 21.4. The molecule has 1 fully saturated rings. The number of rotatable bonds is 6. The minimum Gasteiger partial charge on any atom is -0.477 e. The molecule has 0 bridgehead atoms. The van der Waals surface area contributed by atoms with E-state index in [2.05, 4.69) is 10.1 Å². The maximum Gasteiger partial charge on any atom is 0.243 e. The molecule has 4 aromatic rings. The topological polar surface area (TPSA) is 77.3 Å². The molecule has 1 saturated heterocycles. The van der Waals surface area contributed by atoms with Crippen LogP contribution in [0.4, 0.5) is 13.2 Å². The number of hydrogen-bond donors (Lipinski definition) is 0. The van der Waals surface area contributed by atoms with Gasteiger partial charge in [0.1, 0.15) is 12.4 Å². The minimum absolute atomic E-state index is 0.0637. The number of benzene rings is 2. The van der Waals surface area contributed by atoms with Crippen molar-refractivity contribution in [3.05, 3.63) is 107 Å². The minimum atomic E-state index is -4.12. The van der Waals surface area contributed by atoms with E-state index in [1.165, 1.54) is 16.4 Å². The van der Waals surface area contributed by atoms with Crippen LogP contribution >= 0.6 is 0 Å². The van der Waals surface area contributed by atoms with Gasteiger partial charge in [-0.1, -0.05) is 11.6 Å². The molecule has 1 aliphatic heterocycles. The van der Waals surface area contributed by atoms with Crippen molar-refractivity contribution < 1.29 is 26.3 Å². The Bertz CT molecular complexity index is 1670. The van der Waals surface area contributed by atoms with Crippen molar-refractivity contribution in [2.75, 3.05) is 19.7 Å². The first-order chi connectivity index (χ1) is 18.7. The smallest absolute Gasteiger partial charge is 0.243 e. The van der Waals surface area contributed by atoms with E-state index in [0.29, 0.717) is 30.5 Å². The van der Waals surface area contributed by atoms with Gasteiger partial charge in [-0.15, -0.1) is 0 Å². The number of fused-ring (bicyclic) bond motifs is 2. The molecule has 0 amide bonds. The summed E-state index contributed by atoms with van der Waals surface area (Å²) in [7, 11) is -4.12. The van der Waals surface area contributed by atoms with Crippen molar-refractivity contribution in [2.45, 2.75) is 17.7 Å². The van der Waals surface area contributed by atoms with Gasteiger partial charge in [0.05, 0.1) is 22.5 Å². The molecule has 0 unspecified atom stereocenters. The molecule has 2 aliphatic rings. The molecule has 2 aromatic carbocycles. The summed E-state index contributed by atoms with van der Waals surface area (Å²) in [5, 5.41) is 4.53. The van der Waals surface area contributed by atoms with Gasteiger partial charge in [0, 0.05) is 30.8 Å². The monoisotopic (exact) mass is 552 g/mol. The Morgan fingerprint density at radius 2 is 1.82 bits per heavy atom. The third-order valence-electron chi connectivity index (χ3n) is 7.25. The van der Waals surface area contributed by atoms with Crippen molar-refractivity contribution in [1.82, 2.24) is 19.1 Å². The van der Waals surface area contributed by atoms with Crippen LogP contribution in [-0.4, -0.2) is 47.2 Å². The molecule has 11 heteroatoms. The third kappa shape index (κ3) is 4.61. The average molecular weight is 553 g/mol. The summed E-state index contributed by atoms with van der Waals surface area (Å²) < 4.78 is 77.1. The van der Waals surface area contributed by atoms with E-state index in [1.54, 1.807) is 47.4 Å². The Morgan fingerprint density at radius 3 is 2.56 bits per heavy atom. The fraction of sp³-hybridized carbons (Fsp3) is 0.214. The molecular weight excluding hydrogens is 529 g/mol. The Labute approximate surface area is 223 Å². The summed E-state index contributed by atoms with van der Waals surface area (Å²) in [4.78, 5) is 3.92. The summed E-state index contributed by atoms with van der Waals surface area (Å²) >= 11 is 0. The molecule has 1 aliphatic carbocycles. The van der Waals surface area contributed by atoms with Crippen LogP contribution in [0.15, 0.2) is 83.5 Å². The maximum atomic E-state index is 13.9. The fourth-order valence-electron chi connectivity index (χ4n) is 5.25. The summed E-state index contributed by atoms with van der Waals surface area (Å²) in [6.45, 7) is 0.355. The van der Waals surface area contributed by atoms with E-state index in [-0.39, 0.29) is 30.4 Å². The second-order valence-corrected chi connectivity index (χ2v) is 11.6. The highest BCUT2D eigenvalue weighted by Crippen LogP contribution is 2.45. The molecule has 6 rings (SSSR count). The summed E-state index contributed by atoms with van der Waals surface area (Å²) in [5.74, 6) is -2.29. The first-order valence-electron chi connectivity index (χ1n) is 12.3. The second-order valence-electron chi connectivity index (χ2n) is 9.69. The van der Waals surface area contributed by atoms with Crippen LogP contribution in [0.5, 0.6) is 5.88 Å². The summed E-state index contributed by atoms with van der Waals surface area (Å²) in [5.41, 5.74) is 2.63. The molecular formula is C28H23F3N4O3S. The van der Waals surface area contributed by atoms with Crippen LogP contribution in [0.1, 0.15) is 17.7 Å². The molecule has 2 aromatic heterocycles. The zero-order valence-electron chi connectivity index (χ0n) is 20.6. The van der Waals surface area contributed by atoms with E-state index in [1.807, 2.05) is 6.08 Å².